The second-order valence-electron chi connectivity index (χ2n) is 7.76. The fraction of sp³-hybridized carbons (Fsp3) is 0.185. The largest absolute Gasteiger partial charge is 0.497 e. The predicted molar refractivity (Wildman–Crippen MR) is 130 cm³/mol. The molecule has 1 saturated heterocycles. The molecule has 0 aromatic heterocycles. The highest BCUT2D eigenvalue weighted by Crippen LogP contribution is 2.36. The van der Waals surface area contributed by atoms with Crippen molar-refractivity contribution in [1.82, 2.24) is 0 Å². The Morgan fingerprint density at radius 2 is 1.58 bits per heavy atom. The molecule has 3 aromatic carbocycles. The van der Waals surface area contributed by atoms with Gasteiger partial charge < -0.3 is 9.47 Å². The van der Waals surface area contributed by atoms with Crippen LogP contribution in [0.2, 0.25) is 0 Å². The molecule has 0 radical (unpaired) electrons. The predicted octanol–water partition coefficient (Wildman–Crippen LogP) is 4.56. The van der Waals surface area contributed by atoms with Gasteiger partial charge in [0.25, 0.3) is 5.91 Å². The maximum Gasteiger partial charge on any atom is 0.255 e. The van der Waals surface area contributed by atoms with Crippen molar-refractivity contribution in [2.75, 3.05) is 30.6 Å². The molecule has 0 spiro atoms. The Morgan fingerprint density at radius 3 is 2.21 bits per heavy atom. The van der Waals surface area contributed by atoms with Gasteiger partial charge in [-0.2, -0.15) is 0 Å². The van der Waals surface area contributed by atoms with Gasteiger partial charge in [-0.3, -0.25) is 19.4 Å². The Bertz CT molecular complexity index is 1180. The standard InChI is InChI=1S/C27H26N2O4/c1-19(16-20-10-6-4-7-11-20)26-27(31)28(23-15-14-22(32-2)17-24(23)33-3)18-25(30)29(26)21-12-8-5-9-13-21/h4-17,26H,18H2,1-3H3/b19-16+. The van der Waals surface area contributed by atoms with Gasteiger partial charge in [0.05, 0.1) is 19.9 Å². The van der Waals surface area contributed by atoms with Crippen molar-refractivity contribution < 1.29 is 19.1 Å². The van der Waals surface area contributed by atoms with Crippen LogP contribution in [0.25, 0.3) is 6.08 Å². The second kappa shape index (κ2) is 9.61. The smallest absolute Gasteiger partial charge is 0.255 e. The lowest BCUT2D eigenvalue weighted by Crippen LogP contribution is -2.61. The minimum absolute atomic E-state index is 0.0917. The van der Waals surface area contributed by atoms with E-state index in [1.54, 1.807) is 30.2 Å². The van der Waals surface area contributed by atoms with Crippen molar-refractivity contribution in [3.63, 3.8) is 0 Å². The monoisotopic (exact) mass is 442 g/mol. The van der Waals surface area contributed by atoms with Crippen molar-refractivity contribution in [2.45, 2.75) is 13.0 Å². The van der Waals surface area contributed by atoms with Gasteiger partial charge in [-0.05, 0) is 42.3 Å². The Hall–Kier alpha value is -4.06. The second-order valence-corrected chi connectivity index (χ2v) is 7.76. The first kappa shape index (κ1) is 22.1. The lowest BCUT2D eigenvalue weighted by molar-refractivity contribution is -0.127. The number of hydrogen-bond acceptors (Lipinski definition) is 4. The molecule has 0 saturated carbocycles. The summed E-state index contributed by atoms with van der Waals surface area (Å²) in [4.78, 5) is 30.4. The van der Waals surface area contributed by atoms with Gasteiger partial charge in [0.1, 0.15) is 24.1 Å². The van der Waals surface area contributed by atoms with E-state index in [-0.39, 0.29) is 18.4 Å². The molecule has 0 N–H and O–H groups in total. The third-order valence-corrected chi connectivity index (χ3v) is 5.66. The number of ether oxygens (including phenoxy) is 2. The van der Waals surface area contributed by atoms with E-state index in [1.165, 1.54) is 12.0 Å². The average Bonchev–Trinajstić information content (AvgIpc) is 2.85. The quantitative estimate of drug-likeness (QED) is 0.562. The van der Waals surface area contributed by atoms with Crippen LogP contribution in [0.5, 0.6) is 11.5 Å². The average molecular weight is 443 g/mol. The number of anilines is 2. The van der Waals surface area contributed by atoms with Gasteiger partial charge in [-0.25, -0.2) is 0 Å². The van der Waals surface area contributed by atoms with Crippen molar-refractivity contribution in [1.29, 1.82) is 0 Å². The maximum atomic E-state index is 13.9. The Morgan fingerprint density at radius 1 is 0.909 bits per heavy atom. The normalized spacial score (nSPS) is 16.7. The molecule has 168 valence electrons. The van der Waals surface area contributed by atoms with Gasteiger partial charge in [0.2, 0.25) is 5.91 Å². The molecule has 1 atom stereocenters. The Kier molecular flexibility index (Phi) is 6.45. The zero-order chi connectivity index (χ0) is 23.4. The van der Waals surface area contributed by atoms with E-state index in [9.17, 15) is 9.59 Å². The number of hydrogen-bond donors (Lipinski definition) is 0. The van der Waals surface area contributed by atoms with E-state index in [4.69, 9.17) is 9.47 Å². The van der Waals surface area contributed by atoms with Crippen molar-refractivity contribution in [3.05, 3.63) is 90.0 Å². The molecule has 1 unspecified atom stereocenters. The summed E-state index contributed by atoms with van der Waals surface area (Å²) in [7, 11) is 3.10. The van der Waals surface area contributed by atoms with Crippen LogP contribution in [0.1, 0.15) is 12.5 Å². The highest BCUT2D eigenvalue weighted by atomic mass is 16.5. The summed E-state index contributed by atoms with van der Waals surface area (Å²) in [5.41, 5.74) is 2.94. The van der Waals surface area contributed by atoms with Crippen LogP contribution in [-0.4, -0.2) is 38.6 Å². The summed E-state index contributed by atoms with van der Waals surface area (Å²) < 4.78 is 10.8. The summed E-state index contributed by atoms with van der Waals surface area (Å²) in [6.07, 6.45) is 1.94. The van der Waals surface area contributed by atoms with E-state index in [2.05, 4.69) is 0 Å². The minimum atomic E-state index is -0.791. The fourth-order valence-corrected chi connectivity index (χ4v) is 4.07. The first-order chi connectivity index (χ1) is 16.0. The molecule has 6 heteroatoms. The number of benzene rings is 3. The molecule has 6 nitrogen and oxygen atoms in total. The van der Waals surface area contributed by atoms with Crippen LogP contribution in [-0.2, 0) is 9.59 Å². The molecule has 1 heterocycles. The molecule has 0 aliphatic carbocycles. The molecular formula is C27H26N2O4. The number of nitrogens with zero attached hydrogens (tertiary/aromatic N) is 2. The van der Waals surface area contributed by atoms with Crippen LogP contribution < -0.4 is 19.3 Å². The van der Waals surface area contributed by atoms with E-state index < -0.39 is 6.04 Å². The molecule has 1 aliphatic rings. The minimum Gasteiger partial charge on any atom is -0.497 e. The van der Waals surface area contributed by atoms with Crippen LogP contribution in [0.15, 0.2) is 84.4 Å². The first-order valence-electron chi connectivity index (χ1n) is 10.7. The molecule has 4 rings (SSSR count). The Labute approximate surface area is 193 Å². The lowest BCUT2D eigenvalue weighted by Gasteiger charge is -2.41. The van der Waals surface area contributed by atoms with E-state index in [1.807, 2.05) is 73.7 Å². The topological polar surface area (TPSA) is 59.1 Å². The van der Waals surface area contributed by atoms with Crippen LogP contribution in [0.4, 0.5) is 11.4 Å². The maximum absolute atomic E-state index is 13.9. The van der Waals surface area contributed by atoms with Crippen LogP contribution >= 0.6 is 0 Å². The number of carbonyl (C=O) groups excluding carboxylic acids is 2. The van der Waals surface area contributed by atoms with Crippen molar-refractivity contribution >= 4 is 29.3 Å². The molecule has 0 bridgehead atoms. The van der Waals surface area contributed by atoms with Gasteiger partial charge in [-0.1, -0.05) is 54.6 Å². The summed E-state index contributed by atoms with van der Waals surface area (Å²) in [6.45, 7) is 1.79. The van der Waals surface area contributed by atoms with E-state index in [0.717, 1.165) is 11.1 Å². The summed E-state index contributed by atoms with van der Waals surface area (Å²) >= 11 is 0. The van der Waals surface area contributed by atoms with Gasteiger partial charge >= 0.3 is 0 Å². The summed E-state index contributed by atoms with van der Waals surface area (Å²) in [5.74, 6) is 0.692. The van der Waals surface area contributed by atoms with Crippen LogP contribution in [0, 0.1) is 0 Å². The zero-order valence-electron chi connectivity index (χ0n) is 18.9. The Balaban J connectivity index is 1.80. The molecular weight excluding hydrogens is 416 g/mol. The number of piperazine rings is 1. The summed E-state index contributed by atoms with van der Waals surface area (Å²) in [6, 6.07) is 23.5. The first-order valence-corrected chi connectivity index (χ1v) is 10.7. The third kappa shape index (κ3) is 4.46. The molecule has 3 aromatic rings. The number of methoxy groups -OCH3 is 2. The highest BCUT2D eigenvalue weighted by molar-refractivity contribution is 6.16. The van der Waals surface area contributed by atoms with Gasteiger partial charge in [0, 0.05) is 11.8 Å². The number of carbonyl (C=O) groups is 2. The van der Waals surface area contributed by atoms with Gasteiger partial charge in [-0.15, -0.1) is 0 Å². The summed E-state index contributed by atoms with van der Waals surface area (Å²) in [5, 5.41) is 0. The van der Waals surface area contributed by atoms with Crippen molar-refractivity contribution in [2.24, 2.45) is 0 Å². The number of rotatable bonds is 6. The van der Waals surface area contributed by atoms with E-state index in [0.29, 0.717) is 22.9 Å². The van der Waals surface area contributed by atoms with Crippen LogP contribution in [0.3, 0.4) is 0 Å². The highest BCUT2D eigenvalue weighted by Gasteiger charge is 2.42. The SMILES string of the molecule is COc1ccc(N2CC(=O)N(c3ccccc3)C(/C(C)=C/c3ccccc3)C2=O)c(OC)c1. The fourth-order valence-electron chi connectivity index (χ4n) is 4.07. The molecule has 33 heavy (non-hydrogen) atoms. The van der Waals surface area contributed by atoms with Crippen molar-refractivity contribution in [3.8, 4) is 11.5 Å². The van der Waals surface area contributed by atoms with E-state index >= 15 is 0 Å². The van der Waals surface area contributed by atoms with Gasteiger partial charge in [0.15, 0.2) is 0 Å². The number of amides is 2. The lowest BCUT2D eigenvalue weighted by atomic mass is 9.98. The molecule has 1 aliphatic heterocycles. The number of para-hydroxylation sites is 1. The molecule has 1 fully saturated rings. The zero-order valence-corrected chi connectivity index (χ0v) is 18.9. The molecule has 2 amide bonds. The third-order valence-electron chi connectivity index (χ3n) is 5.66.